The zero-order valence-corrected chi connectivity index (χ0v) is 8.00. The lowest BCUT2D eigenvalue weighted by Gasteiger charge is -2.19. The van der Waals surface area contributed by atoms with Gasteiger partial charge in [0.15, 0.2) is 0 Å². The van der Waals surface area contributed by atoms with Crippen molar-refractivity contribution in [2.75, 3.05) is 19.6 Å². The molecule has 1 fully saturated rings. The highest BCUT2D eigenvalue weighted by Gasteiger charge is 2.56. The van der Waals surface area contributed by atoms with Crippen LogP contribution in [0.4, 0.5) is 22.0 Å². The van der Waals surface area contributed by atoms with Crippen LogP contribution in [0.15, 0.2) is 0 Å². The molecule has 7 heteroatoms. The fourth-order valence-corrected chi connectivity index (χ4v) is 0.998. The summed E-state index contributed by atoms with van der Waals surface area (Å²) in [5.41, 5.74) is 0. The number of hydrogen-bond acceptors (Lipinski definition) is 2. The quantitative estimate of drug-likeness (QED) is 0.536. The van der Waals surface area contributed by atoms with Crippen molar-refractivity contribution >= 4 is 0 Å². The Bertz CT molecular complexity index is 200. The summed E-state index contributed by atoms with van der Waals surface area (Å²) in [7, 11) is 0. The highest BCUT2D eigenvalue weighted by atomic mass is 19.4. The Kier molecular flexibility index (Phi) is 3.88. The third-order valence-corrected chi connectivity index (χ3v) is 2.07. The van der Waals surface area contributed by atoms with E-state index in [1.54, 1.807) is 0 Å². The normalized spacial score (nSPS) is 18.2. The monoisotopic (exact) mass is 232 g/mol. The van der Waals surface area contributed by atoms with Crippen LogP contribution < -0.4 is 10.6 Å². The summed E-state index contributed by atoms with van der Waals surface area (Å²) in [5, 5.41) is 5.08. The van der Waals surface area contributed by atoms with Crippen LogP contribution in [0.3, 0.4) is 0 Å². The van der Waals surface area contributed by atoms with Crippen molar-refractivity contribution in [1.82, 2.24) is 10.6 Å². The van der Waals surface area contributed by atoms with Crippen LogP contribution >= 0.6 is 0 Å². The van der Waals surface area contributed by atoms with Gasteiger partial charge in [0, 0.05) is 19.1 Å². The molecule has 1 rings (SSSR count). The van der Waals surface area contributed by atoms with E-state index in [0.717, 1.165) is 12.8 Å². The molecule has 1 saturated carbocycles. The predicted octanol–water partition coefficient (Wildman–Crippen LogP) is 1.53. The molecule has 0 radical (unpaired) electrons. The maximum absolute atomic E-state index is 12.3. The van der Waals surface area contributed by atoms with Crippen LogP contribution in [0.2, 0.25) is 0 Å². The van der Waals surface area contributed by atoms with Crippen LogP contribution in [-0.2, 0) is 0 Å². The molecule has 2 N–H and O–H groups in total. The second-order valence-electron chi connectivity index (χ2n) is 3.61. The number of rotatable bonds is 6. The van der Waals surface area contributed by atoms with Gasteiger partial charge in [0.05, 0.1) is 6.54 Å². The summed E-state index contributed by atoms with van der Waals surface area (Å²) in [6.07, 6.45) is -3.36. The van der Waals surface area contributed by atoms with E-state index in [4.69, 9.17) is 0 Å². The molecule has 2 nitrogen and oxygen atoms in total. The number of alkyl halides is 5. The van der Waals surface area contributed by atoms with E-state index in [1.165, 1.54) is 0 Å². The Labute approximate surface area is 84.2 Å². The van der Waals surface area contributed by atoms with E-state index >= 15 is 0 Å². The zero-order chi connectivity index (χ0) is 11.5. The van der Waals surface area contributed by atoms with Gasteiger partial charge < -0.3 is 10.6 Å². The van der Waals surface area contributed by atoms with Gasteiger partial charge in [0.25, 0.3) is 0 Å². The first-order chi connectivity index (χ1) is 6.83. The van der Waals surface area contributed by atoms with Crippen molar-refractivity contribution in [3.8, 4) is 0 Å². The van der Waals surface area contributed by atoms with Gasteiger partial charge in [-0.2, -0.15) is 22.0 Å². The fraction of sp³-hybridized carbons (Fsp3) is 1.00. The van der Waals surface area contributed by atoms with E-state index in [9.17, 15) is 22.0 Å². The maximum Gasteiger partial charge on any atom is 0.454 e. The van der Waals surface area contributed by atoms with Gasteiger partial charge in [-0.05, 0) is 12.8 Å². The molecule has 0 amide bonds. The van der Waals surface area contributed by atoms with Gasteiger partial charge in [-0.3, -0.25) is 0 Å². The highest BCUT2D eigenvalue weighted by Crippen LogP contribution is 2.34. The molecule has 0 aromatic rings. The van der Waals surface area contributed by atoms with E-state index in [0.29, 0.717) is 12.6 Å². The molecule has 1 aliphatic rings. The van der Waals surface area contributed by atoms with E-state index in [1.807, 2.05) is 0 Å². The topological polar surface area (TPSA) is 24.1 Å². The molecule has 15 heavy (non-hydrogen) atoms. The minimum atomic E-state index is -5.47. The second-order valence-corrected chi connectivity index (χ2v) is 3.61. The molecule has 0 heterocycles. The van der Waals surface area contributed by atoms with Gasteiger partial charge in [0.1, 0.15) is 0 Å². The molecule has 0 unspecified atom stereocenters. The molecule has 0 aliphatic heterocycles. The molecule has 0 spiro atoms. The van der Waals surface area contributed by atoms with Crippen molar-refractivity contribution < 1.29 is 22.0 Å². The van der Waals surface area contributed by atoms with Gasteiger partial charge in [-0.15, -0.1) is 0 Å². The molecule has 0 aromatic carbocycles. The summed E-state index contributed by atoms with van der Waals surface area (Å²) >= 11 is 0. The second kappa shape index (κ2) is 4.61. The van der Waals surface area contributed by atoms with E-state index in [2.05, 4.69) is 10.6 Å². The number of hydrogen-bond donors (Lipinski definition) is 2. The average Bonchev–Trinajstić information content (AvgIpc) is 2.85. The Hall–Kier alpha value is -0.430. The minimum absolute atomic E-state index is 0.113. The Morgan fingerprint density at radius 1 is 1.00 bits per heavy atom. The highest BCUT2D eigenvalue weighted by molar-refractivity contribution is 4.82. The van der Waals surface area contributed by atoms with Crippen molar-refractivity contribution in [2.45, 2.75) is 31.0 Å². The van der Waals surface area contributed by atoms with Crippen molar-refractivity contribution in [1.29, 1.82) is 0 Å². The first kappa shape index (κ1) is 12.6. The summed E-state index contributed by atoms with van der Waals surface area (Å²) in [5.74, 6) is -4.65. The summed E-state index contributed by atoms with van der Waals surface area (Å²) < 4.78 is 59.7. The van der Waals surface area contributed by atoms with Crippen LogP contribution in [-0.4, -0.2) is 37.8 Å². The molecule has 0 bridgehead atoms. The fourth-order valence-electron chi connectivity index (χ4n) is 0.998. The smallest absolute Gasteiger partial charge is 0.313 e. The molecule has 0 aromatic heterocycles. The summed E-state index contributed by atoms with van der Waals surface area (Å²) in [6.45, 7) is -0.830. The lowest BCUT2D eigenvalue weighted by Crippen LogP contribution is -2.46. The van der Waals surface area contributed by atoms with Gasteiger partial charge >= 0.3 is 12.1 Å². The first-order valence-electron chi connectivity index (χ1n) is 4.71. The largest absolute Gasteiger partial charge is 0.454 e. The standard InChI is InChI=1S/C8H13F5N2/c9-7(10,8(11,12)13)5-14-3-4-15-6-1-2-6/h6,14-15H,1-5H2. The lowest BCUT2D eigenvalue weighted by atomic mass is 10.3. The van der Waals surface area contributed by atoms with Crippen molar-refractivity contribution in [3.63, 3.8) is 0 Å². The molecular weight excluding hydrogens is 219 g/mol. The summed E-state index contributed by atoms with van der Waals surface area (Å²) in [6, 6.07) is 0.426. The van der Waals surface area contributed by atoms with Gasteiger partial charge in [-0.25, -0.2) is 0 Å². The van der Waals surface area contributed by atoms with Crippen LogP contribution in [0, 0.1) is 0 Å². The predicted molar refractivity (Wildman–Crippen MR) is 44.9 cm³/mol. The minimum Gasteiger partial charge on any atom is -0.313 e. The van der Waals surface area contributed by atoms with E-state index in [-0.39, 0.29) is 6.54 Å². The molecule has 90 valence electrons. The van der Waals surface area contributed by atoms with Crippen LogP contribution in [0.25, 0.3) is 0 Å². The Morgan fingerprint density at radius 2 is 1.60 bits per heavy atom. The third-order valence-electron chi connectivity index (χ3n) is 2.07. The lowest BCUT2D eigenvalue weighted by molar-refractivity contribution is -0.279. The van der Waals surface area contributed by atoms with Crippen molar-refractivity contribution in [3.05, 3.63) is 0 Å². The number of nitrogens with one attached hydrogen (secondary N) is 2. The molecular formula is C8H13F5N2. The molecule has 1 aliphatic carbocycles. The Morgan fingerprint density at radius 3 is 2.07 bits per heavy atom. The van der Waals surface area contributed by atoms with Crippen molar-refractivity contribution in [2.24, 2.45) is 0 Å². The SMILES string of the molecule is FC(F)(F)C(F)(F)CNCCNC1CC1. The van der Waals surface area contributed by atoms with Gasteiger partial charge in [0.2, 0.25) is 0 Å². The van der Waals surface area contributed by atoms with Gasteiger partial charge in [-0.1, -0.05) is 0 Å². The zero-order valence-electron chi connectivity index (χ0n) is 8.00. The number of halogens is 5. The maximum atomic E-state index is 12.3. The van der Waals surface area contributed by atoms with Crippen LogP contribution in [0.5, 0.6) is 0 Å². The Balaban J connectivity index is 2.06. The van der Waals surface area contributed by atoms with E-state index < -0.39 is 18.6 Å². The average molecular weight is 232 g/mol. The van der Waals surface area contributed by atoms with Crippen LogP contribution in [0.1, 0.15) is 12.8 Å². The summed E-state index contributed by atoms with van der Waals surface area (Å²) in [4.78, 5) is 0. The third kappa shape index (κ3) is 4.29. The first-order valence-corrected chi connectivity index (χ1v) is 4.71. The molecule has 0 atom stereocenters. The molecule has 0 saturated heterocycles.